The molecular formula is C16H42Si5. The predicted molar refractivity (Wildman–Crippen MR) is 117 cm³/mol. The maximum atomic E-state index is 2.71. The lowest BCUT2D eigenvalue weighted by molar-refractivity contribution is 0.763. The summed E-state index contributed by atoms with van der Waals surface area (Å²) in [7, 11) is -4.37. The first-order valence-electron chi connectivity index (χ1n) is 8.91. The molecular weight excluding hydrogens is 333 g/mol. The molecule has 1 fully saturated rings. The fourth-order valence-electron chi connectivity index (χ4n) is 5.93. The molecule has 0 N–H and O–H groups in total. The average Bonchev–Trinajstić information content (AvgIpc) is 2.54. The first-order chi connectivity index (χ1) is 8.91. The van der Waals surface area contributed by atoms with E-state index in [1.165, 1.54) is 0 Å². The van der Waals surface area contributed by atoms with Gasteiger partial charge in [0.05, 0.1) is 0 Å². The second-order valence-corrected chi connectivity index (χ2v) is 40.3. The van der Waals surface area contributed by atoms with Crippen molar-refractivity contribution in [3.63, 3.8) is 0 Å². The first kappa shape index (κ1) is 20.1. The van der Waals surface area contributed by atoms with E-state index in [1.807, 2.05) is 0 Å². The number of hydrogen-bond acceptors (Lipinski definition) is 0. The molecule has 1 aliphatic heterocycles. The zero-order chi connectivity index (χ0) is 17.1. The second kappa shape index (κ2) is 5.29. The zero-order valence-corrected chi connectivity index (χ0v) is 22.5. The minimum Gasteiger partial charge on any atom is -0.0696 e. The topological polar surface area (TPSA) is 0 Å². The molecule has 0 spiro atoms. The van der Waals surface area contributed by atoms with Gasteiger partial charge in [0.1, 0.15) is 0 Å². The van der Waals surface area contributed by atoms with Crippen molar-refractivity contribution in [2.45, 2.75) is 100.0 Å². The highest BCUT2D eigenvalue weighted by atomic mass is 28.5. The van der Waals surface area contributed by atoms with Gasteiger partial charge in [-0.15, -0.1) is 0 Å². The molecule has 21 heavy (non-hydrogen) atoms. The van der Waals surface area contributed by atoms with Gasteiger partial charge in [-0.3, -0.25) is 0 Å². The van der Waals surface area contributed by atoms with E-state index < -0.39 is 32.3 Å². The maximum Gasteiger partial charge on any atom is 0.0446 e. The van der Waals surface area contributed by atoms with Gasteiger partial charge < -0.3 is 0 Å². The third-order valence-electron chi connectivity index (χ3n) is 7.32. The molecule has 0 saturated carbocycles. The van der Waals surface area contributed by atoms with Gasteiger partial charge >= 0.3 is 0 Å². The van der Waals surface area contributed by atoms with Crippen molar-refractivity contribution in [3.8, 4) is 0 Å². The molecule has 1 saturated heterocycles. The van der Waals surface area contributed by atoms with Crippen molar-refractivity contribution in [1.82, 2.24) is 0 Å². The Morgan fingerprint density at radius 1 is 0.476 bits per heavy atom. The summed E-state index contributed by atoms with van der Waals surface area (Å²) in [5.74, 6) is 0. The van der Waals surface area contributed by atoms with E-state index >= 15 is 0 Å². The molecule has 0 aromatic carbocycles. The highest BCUT2D eigenvalue weighted by molar-refractivity contribution is 7.16. The summed E-state index contributed by atoms with van der Waals surface area (Å²) >= 11 is 0. The molecule has 0 nitrogen and oxygen atoms in total. The fraction of sp³-hybridized carbons (Fsp3) is 1.00. The quantitative estimate of drug-likeness (QED) is 0.547. The van der Waals surface area contributed by atoms with Crippen LogP contribution in [-0.2, 0) is 0 Å². The Hall–Kier alpha value is 1.08. The van der Waals surface area contributed by atoms with Crippen LogP contribution in [0, 0.1) is 0 Å². The number of hydrogen-bond donors (Lipinski definition) is 0. The van der Waals surface area contributed by atoms with Crippen LogP contribution in [0.2, 0.25) is 87.1 Å². The second-order valence-electron chi connectivity index (χ2n) is 11.8. The average molecular weight is 375 g/mol. The minimum absolute atomic E-state index is 0.0123. The Morgan fingerprint density at radius 3 is 0.762 bits per heavy atom. The highest BCUT2D eigenvalue weighted by Crippen LogP contribution is 2.66. The molecule has 0 aromatic rings. The van der Waals surface area contributed by atoms with Crippen LogP contribution in [0.15, 0.2) is 0 Å². The van der Waals surface area contributed by atoms with Gasteiger partial charge in [-0.1, -0.05) is 91.4 Å². The van der Waals surface area contributed by atoms with Crippen LogP contribution < -0.4 is 0 Å². The largest absolute Gasteiger partial charge is 0.0696 e. The van der Waals surface area contributed by atoms with E-state index in [0.717, 1.165) is 8.57 Å². The van der Waals surface area contributed by atoms with Crippen LogP contribution in [0.5, 0.6) is 0 Å². The van der Waals surface area contributed by atoms with E-state index in [9.17, 15) is 0 Å². The molecule has 5 heteroatoms. The smallest absolute Gasteiger partial charge is 0.0446 e. The van der Waals surface area contributed by atoms with Crippen molar-refractivity contribution >= 4 is 41.8 Å². The Labute approximate surface area is 141 Å². The molecule has 1 rings (SSSR count). The Bertz CT molecular complexity index is 321. The molecule has 1 heterocycles. The lowest BCUT2D eigenvalue weighted by Gasteiger charge is -2.55. The summed E-state index contributed by atoms with van der Waals surface area (Å²) in [6.45, 7) is 32.5. The van der Waals surface area contributed by atoms with Gasteiger partial charge in [-0.25, -0.2) is 0 Å². The summed E-state index contributed by atoms with van der Waals surface area (Å²) in [6, 6.07) is 0. The normalized spacial score (nSPS) is 23.4. The van der Waals surface area contributed by atoms with Crippen molar-refractivity contribution < 1.29 is 0 Å². The zero-order valence-electron chi connectivity index (χ0n) is 17.1. The molecule has 0 radical (unpaired) electrons. The van der Waals surface area contributed by atoms with E-state index in [4.69, 9.17) is 0 Å². The van der Waals surface area contributed by atoms with E-state index in [2.05, 4.69) is 78.6 Å². The summed E-state index contributed by atoms with van der Waals surface area (Å²) in [5.41, 5.74) is 0. The lowest BCUT2D eigenvalue weighted by atomic mass is 10.4. The molecule has 0 amide bonds. The third-order valence-corrected chi connectivity index (χ3v) is 45.6. The van der Waals surface area contributed by atoms with Crippen LogP contribution in [-0.4, -0.2) is 41.8 Å². The minimum atomic E-state index is -1.09. The predicted octanol–water partition coefficient (Wildman–Crippen LogP) is 5.78. The van der Waals surface area contributed by atoms with Gasteiger partial charge in [-0.05, 0) is 8.57 Å². The molecule has 0 unspecified atom stereocenters. The lowest BCUT2D eigenvalue weighted by Crippen LogP contribution is -2.62. The Kier molecular flexibility index (Phi) is 5.07. The summed E-state index contributed by atoms with van der Waals surface area (Å²) in [6.07, 6.45) is 3.25. The first-order valence-corrected chi connectivity index (χ1v) is 24.3. The monoisotopic (exact) mass is 374 g/mol. The standard InChI is InChI=1S/C16H42Si5/c1-18(2,3)15(19(4,5)6)13-14-16(17-15,20(7,8)9)21(10,11)12/h13-14,17H2,1-12H3. The van der Waals surface area contributed by atoms with Crippen molar-refractivity contribution in [1.29, 1.82) is 0 Å². The van der Waals surface area contributed by atoms with Crippen LogP contribution in [0.1, 0.15) is 12.8 Å². The van der Waals surface area contributed by atoms with Gasteiger partial charge in [0.2, 0.25) is 0 Å². The van der Waals surface area contributed by atoms with Gasteiger partial charge in [0, 0.05) is 41.8 Å². The maximum absolute atomic E-state index is 2.71. The van der Waals surface area contributed by atoms with Crippen LogP contribution in [0.25, 0.3) is 0 Å². The van der Waals surface area contributed by atoms with E-state index in [-0.39, 0.29) is 9.52 Å². The van der Waals surface area contributed by atoms with Crippen molar-refractivity contribution in [2.24, 2.45) is 0 Å². The van der Waals surface area contributed by atoms with E-state index in [0.29, 0.717) is 0 Å². The number of rotatable bonds is 4. The summed E-state index contributed by atoms with van der Waals surface area (Å²) in [5, 5.41) is 0. The summed E-state index contributed by atoms with van der Waals surface area (Å²) in [4.78, 5) is 0. The van der Waals surface area contributed by atoms with Crippen molar-refractivity contribution in [3.05, 3.63) is 0 Å². The molecule has 0 bridgehead atoms. The Morgan fingerprint density at radius 2 is 0.667 bits per heavy atom. The van der Waals surface area contributed by atoms with Gasteiger partial charge in [0.15, 0.2) is 0 Å². The molecule has 1 aliphatic rings. The molecule has 126 valence electrons. The van der Waals surface area contributed by atoms with Crippen molar-refractivity contribution in [2.75, 3.05) is 0 Å². The SMILES string of the molecule is C[Si](C)(C)C1([Si](C)(C)C)CCC([Si](C)(C)C)([Si](C)(C)C)[SiH2]1. The van der Waals surface area contributed by atoms with Gasteiger partial charge in [-0.2, -0.15) is 0 Å². The van der Waals surface area contributed by atoms with Crippen LogP contribution >= 0.6 is 0 Å². The Balaban J connectivity index is 3.49. The molecule has 0 atom stereocenters. The van der Waals surface area contributed by atoms with Crippen LogP contribution in [0.4, 0.5) is 0 Å². The molecule has 0 aromatic heterocycles. The molecule has 0 aliphatic carbocycles. The van der Waals surface area contributed by atoms with Crippen LogP contribution in [0.3, 0.4) is 0 Å². The fourth-order valence-corrected chi connectivity index (χ4v) is 43.4. The summed E-state index contributed by atoms with van der Waals surface area (Å²) < 4.78 is 1.81. The van der Waals surface area contributed by atoms with Gasteiger partial charge in [0.25, 0.3) is 0 Å². The third kappa shape index (κ3) is 3.06. The van der Waals surface area contributed by atoms with E-state index in [1.54, 1.807) is 12.8 Å². The highest BCUT2D eigenvalue weighted by Gasteiger charge is 2.66.